The second-order valence-electron chi connectivity index (χ2n) is 8.07. The van der Waals surface area contributed by atoms with Crippen molar-refractivity contribution in [2.24, 2.45) is 12.5 Å². The van der Waals surface area contributed by atoms with Crippen LogP contribution in [0.1, 0.15) is 35.3 Å². The standard InChI is InChI=1S/C19H22F2N8O/c1-27-9-13(15(26-27)16(20)21)24-18(30)12-8-23-29-6-2-14(25-17(12)29)28-7-5-22-10-19(11-28)3-4-19/h2,6,8-9,16,22H,3-5,7,10-11H2,1H3,(H,24,30). The number of nitrogens with one attached hydrogen (secondary N) is 2. The predicted molar refractivity (Wildman–Crippen MR) is 106 cm³/mol. The molecule has 0 bridgehead atoms. The maximum absolute atomic E-state index is 13.2. The van der Waals surface area contributed by atoms with E-state index in [0.29, 0.717) is 11.1 Å². The zero-order chi connectivity index (χ0) is 20.9. The highest BCUT2D eigenvalue weighted by Gasteiger charge is 2.44. The Morgan fingerprint density at radius 1 is 1.37 bits per heavy atom. The lowest BCUT2D eigenvalue weighted by atomic mass is 10.1. The molecule has 3 aromatic rings. The fourth-order valence-electron chi connectivity index (χ4n) is 3.96. The summed E-state index contributed by atoms with van der Waals surface area (Å²) in [4.78, 5) is 19.7. The molecular formula is C19H22F2N8O. The van der Waals surface area contributed by atoms with Crippen molar-refractivity contribution in [1.82, 2.24) is 29.7 Å². The van der Waals surface area contributed by atoms with E-state index >= 15 is 0 Å². The van der Waals surface area contributed by atoms with Gasteiger partial charge >= 0.3 is 0 Å². The number of hydrogen-bond acceptors (Lipinski definition) is 6. The molecule has 4 heterocycles. The molecule has 5 rings (SSSR count). The second-order valence-corrected chi connectivity index (χ2v) is 8.07. The maximum Gasteiger partial charge on any atom is 0.284 e. The van der Waals surface area contributed by atoms with Crippen LogP contribution in [0.15, 0.2) is 24.7 Å². The van der Waals surface area contributed by atoms with Gasteiger partial charge in [-0.1, -0.05) is 0 Å². The van der Waals surface area contributed by atoms with Gasteiger partial charge in [0.15, 0.2) is 11.3 Å². The van der Waals surface area contributed by atoms with Crippen LogP contribution >= 0.6 is 0 Å². The Morgan fingerprint density at radius 3 is 2.97 bits per heavy atom. The largest absolute Gasteiger partial charge is 0.355 e. The molecule has 9 nitrogen and oxygen atoms in total. The number of nitrogens with zero attached hydrogens (tertiary/aromatic N) is 6. The van der Waals surface area contributed by atoms with E-state index in [1.807, 2.05) is 6.07 Å². The van der Waals surface area contributed by atoms with Crippen LogP contribution in [0.2, 0.25) is 0 Å². The van der Waals surface area contributed by atoms with E-state index in [2.05, 4.69) is 30.7 Å². The molecule has 3 aromatic heterocycles. The molecule has 1 spiro atoms. The number of carbonyl (C=O) groups excluding carboxylic acids is 1. The molecule has 0 aromatic carbocycles. The average Bonchev–Trinajstić information content (AvgIpc) is 3.27. The van der Waals surface area contributed by atoms with Crippen LogP contribution in [-0.4, -0.2) is 56.5 Å². The molecule has 158 valence electrons. The first-order valence-corrected chi connectivity index (χ1v) is 9.87. The number of rotatable bonds is 4. The number of anilines is 2. The van der Waals surface area contributed by atoms with Crippen molar-refractivity contribution in [2.75, 3.05) is 36.4 Å². The summed E-state index contributed by atoms with van der Waals surface area (Å²) in [5.74, 6) is 0.224. The number of carbonyl (C=O) groups is 1. The second kappa shape index (κ2) is 7.01. The molecule has 1 aliphatic carbocycles. The first-order valence-electron chi connectivity index (χ1n) is 9.87. The third-order valence-electron chi connectivity index (χ3n) is 5.78. The van der Waals surface area contributed by atoms with E-state index < -0.39 is 18.0 Å². The van der Waals surface area contributed by atoms with Crippen molar-refractivity contribution in [2.45, 2.75) is 19.3 Å². The smallest absolute Gasteiger partial charge is 0.284 e. The van der Waals surface area contributed by atoms with Crippen molar-refractivity contribution >= 4 is 23.1 Å². The van der Waals surface area contributed by atoms with Gasteiger partial charge in [0.05, 0.1) is 11.9 Å². The molecule has 2 aliphatic rings. The Morgan fingerprint density at radius 2 is 2.20 bits per heavy atom. The van der Waals surface area contributed by atoms with E-state index in [1.54, 1.807) is 6.20 Å². The summed E-state index contributed by atoms with van der Waals surface area (Å²) in [7, 11) is 1.52. The molecule has 1 amide bonds. The van der Waals surface area contributed by atoms with Crippen LogP contribution in [0, 0.1) is 5.41 Å². The fraction of sp³-hybridized carbons (Fsp3) is 0.474. The number of fused-ring (bicyclic) bond motifs is 1. The van der Waals surface area contributed by atoms with Crippen LogP contribution in [0.5, 0.6) is 0 Å². The lowest BCUT2D eigenvalue weighted by molar-refractivity contribution is 0.102. The number of alkyl halides is 2. The summed E-state index contributed by atoms with van der Waals surface area (Å²) in [6, 6.07) is 1.89. The van der Waals surface area contributed by atoms with Gasteiger partial charge in [0.2, 0.25) is 0 Å². The Bertz CT molecular complexity index is 1100. The van der Waals surface area contributed by atoms with E-state index in [1.165, 1.54) is 41.5 Å². The lowest BCUT2D eigenvalue weighted by Crippen LogP contribution is -2.31. The number of hydrogen-bond donors (Lipinski definition) is 2. The minimum Gasteiger partial charge on any atom is -0.355 e. The zero-order valence-corrected chi connectivity index (χ0v) is 16.5. The van der Waals surface area contributed by atoms with Crippen LogP contribution in [-0.2, 0) is 7.05 Å². The average molecular weight is 416 g/mol. The zero-order valence-electron chi connectivity index (χ0n) is 16.5. The number of amides is 1. The summed E-state index contributed by atoms with van der Waals surface area (Å²) in [5.41, 5.74) is 0.422. The molecule has 0 radical (unpaired) electrons. The molecule has 1 saturated heterocycles. The van der Waals surface area contributed by atoms with Gasteiger partial charge in [-0.05, 0) is 18.9 Å². The SMILES string of the molecule is Cn1cc(NC(=O)c2cnn3ccc(N4CCNCC5(CC5)C4)nc23)c(C(F)F)n1. The molecule has 30 heavy (non-hydrogen) atoms. The van der Waals surface area contributed by atoms with Gasteiger partial charge in [0.1, 0.15) is 11.4 Å². The Labute approximate surface area is 171 Å². The van der Waals surface area contributed by atoms with Crippen LogP contribution < -0.4 is 15.5 Å². The van der Waals surface area contributed by atoms with Gasteiger partial charge in [-0.25, -0.2) is 18.3 Å². The number of halogens is 2. The van der Waals surface area contributed by atoms with Crippen LogP contribution in [0.25, 0.3) is 5.65 Å². The topological polar surface area (TPSA) is 92.4 Å². The highest BCUT2D eigenvalue weighted by molar-refractivity contribution is 6.08. The van der Waals surface area contributed by atoms with Gasteiger partial charge in [-0.3, -0.25) is 9.48 Å². The molecule has 2 fully saturated rings. The van der Waals surface area contributed by atoms with Crippen LogP contribution in [0.3, 0.4) is 0 Å². The molecular weight excluding hydrogens is 394 g/mol. The lowest BCUT2D eigenvalue weighted by Gasteiger charge is -2.24. The molecule has 0 atom stereocenters. The first kappa shape index (κ1) is 18.9. The minimum atomic E-state index is -2.79. The first-order chi connectivity index (χ1) is 14.4. The van der Waals surface area contributed by atoms with Gasteiger partial charge < -0.3 is 15.5 Å². The summed E-state index contributed by atoms with van der Waals surface area (Å²) in [5, 5.41) is 13.9. The van der Waals surface area contributed by atoms with Gasteiger partial charge in [-0.2, -0.15) is 10.2 Å². The van der Waals surface area contributed by atoms with E-state index in [0.717, 1.165) is 32.0 Å². The van der Waals surface area contributed by atoms with Crippen molar-refractivity contribution in [1.29, 1.82) is 0 Å². The van der Waals surface area contributed by atoms with Gasteiger partial charge in [-0.15, -0.1) is 0 Å². The van der Waals surface area contributed by atoms with Crippen molar-refractivity contribution < 1.29 is 13.6 Å². The monoisotopic (exact) mass is 416 g/mol. The normalized spacial score (nSPS) is 18.2. The molecule has 1 aliphatic heterocycles. The van der Waals surface area contributed by atoms with E-state index in [4.69, 9.17) is 0 Å². The summed E-state index contributed by atoms with van der Waals surface area (Å²) in [6.45, 7) is 3.64. The quantitative estimate of drug-likeness (QED) is 0.674. The van der Waals surface area contributed by atoms with Crippen LogP contribution in [0.4, 0.5) is 20.3 Å². The van der Waals surface area contributed by atoms with Crippen molar-refractivity contribution in [3.05, 3.63) is 35.9 Å². The number of aromatic nitrogens is 5. The fourth-order valence-corrected chi connectivity index (χ4v) is 3.96. The molecule has 11 heteroatoms. The predicted octanol–water partition coefficient (Wildman–Crippen LogP) is 1.84. The van der Waals surface area contributed by atoms with Crippen molar-refractivity contribution in [3.63, 3.8) is 0 Å². The summed E-state index contributed by atoms with van der Waals surface area (Å²) >= 11 is 0. The third-order valence-corrected chi connectivity index (χ3v) is 5.78. The summed E-state index contributed by atoms with van der Waals surface area (Å²) < 4.78 is 29.1. The number of aryl methyl sites for hydroxylation is 1. The highest BCUT2D eigenvalue weighted by atomic mass is 19.3. The van der Waals surface area contributed by atoms with E-state index in [9.17, 15) is 13.6 Å². The summed E-state index contributed by atoms with van der Waals surface area (Å²) in [6.07, 6.45) is 4.13. The maximum atomic E-state index is 13.2. The van der Waals surface area contributed by atoms with Crippen molar-refractivity contribution in [3.8, 4) is 0 Å². The third kappa shape index (κ3) is 3.38. The van der Waals surface area contributed by atoms with E-state index in [-0.39, 0.29) is 11.3 Å². The molecule has 0 unspecified atom stereocenters. The Hall–Kier alpha value is -3.08. The molecule has 1 saturated carbocycles. The van der Waals surface area contributed by atoms with Gasteiger partial charge in [0, 0.05) is 51.0 Å². The Kier molecular flexibility index (Phi) is 4.42. The molecule has 2 N–H and O–H groups in total. The van der Waals surface area contributed by atoms with Gasteiger partial charge in [0.25, 0.3) is 12.3 Å². The highest BCUT2D eigenvalue weighted by Crippen LogP contribution is 2.46. The Balaban J connectivity index is 1.44. The minimum absolute atomic E-state index is 0.0257.